The monoisotopic (exact) mass is 310 g/mol. The first-order valence-corrected chi connectivity index (χ1v) is 9.26. The first kappa shape index (κ1) is 16.5. The molecule has 1 aliphatic rings. The number of sulfonamides is 1. The number of rotatable bonds is 5. The molecule has 2 unspecified atom stereocenters. The maximum Gasteiger partial charge on any atom is 0.212 e. The molecule has 118 valence electrons. The van der Waals surface area contributed by atoms with Crippen molar-refractivity contribution in [3.05, 3.63) is 35.9 Å². The second kappa shape index (κ2) is 6.46. The van der Waals surface area contributed by atoms with Crippen LogP contribution >= 0.6 is 0 Å². The third-order valence-corrected chi connectivity index (χ3v) is 6.02. The van der Waals surface area contributed by atoms with Crippen LogP contribution in [0.3, 0.4) is 0 Å². The third-order valence-electron chi connectivity index (χ3n) is 4.26. The molecule has 0 saturated heterocycles. The lowest BCUT2D eigenvalue weighted by molar-refractivity contribution is 0.360. The summed E-state index contributed by atoms with van der Waals surface area (Å²) in [5.74, 6) is 0.0766. The minimum absolute atomic E-state index is 0.0617. The van der Waals surface area contributed by atoms with Crippen LogP contribution in [0.5, 0.6) is 0 Å². The Morgan fingerprint density at radius 3 is 2.43 bits per heavy atom. The summed E-state index contributed by atoms with van der Waals surface area (Å²) >= 11 is 0. The second-order valence-corrected chi connectivity index (χ2v) is 8.44. The molecule has 3 N–H and O–H groups in total. The number of benzene rings is 1. The summed E-state index contributed by atoms with van der Waals surface area (Å²) in [7, 11) is -3.35. The maximum absolute atomic E-state index is 12.5. The van der Waals surface area contributed by atoms with Crippen molar-refractivity contribution in [1.82, 2.24) is 4.72 Å². The summed E-state index contributed by atoms with van der Waals surface area (Å²) in [6, 6.07) is 9.59. The van der Waals surface area contributed by atoms with Gasteiger partial charge in [-0.1, -0.05) is 57.0 Å². The van der Waals surface area contributed by atoms with Crippen molar-refractivity contribution in [3.8, 4) is 0 Å². The zero-order valence-corrected chi connectivity index (χ0v) is 13.7. The van der Waals surface area contributed by atoms with Gasteiger partial charge in [-0.25, -0.2) is 13.1 Å². The third kappa shape index (κ3) is 4.53. The van der Waals surface area contributed by atoms with Crippen LogP contribution in [-0.4, -0.2) is 26.3 Å². The van der Waals surface area contributed by atoms with E-state index in [1.807, 2.05) is 44.2 Å². The van der Waals surface area contributed by atoms with Crippen molar-refractivity contribution in [2.75, 3.05) is 5.75 Å². The van der Waals surface area contributed by atoms with Gasteiger partial charge in [0.05, 0.1) is 5.75 Å². The maximum atomic E-state index is 12.5. The van der Waals surface area contributed by atoms with E-state index >= 15 is 0 Å². The van der Waals surface area contributed by atoms with E-state index in [-0.39, 0.29) is 17.8 Å². The fourth-order valence-electron chi connectivity index (χ4n) is 3.03. The quantitative estimate of drug-likeness (QED) is 0.875. The summed E-state index contributed by atoms with van der Waals surface area (Å²) in [6.07, 6.45) is 3.87. The van der Waals surface area contributed by atoms with E-state index in [2.05, 4.69) is 4.72 Å². The van der Waals surface area contributed by atoms with Crippen LogP contribution in [0, 0.1) is 0 Å². The Morgan fingerprint density at radius 2 is 1.81 bits per heavy atom. The van der Waals surface area contributed by atoms with E-state index in [4.69, 9.17) is 5.73 Å². The van der Waals surface area contributed by atoms with Gasteiger partial charge in [0.15, 0.2) is 0 Å². The number of hydrogen-bond acceptors (Lipinski definition) is 3. The standard InChI is InChI=1S/C16H26N2O2S/c1-16(2,13-8-4-3-5-9-13)12-21(19,20)18-15-11-7-6-10-14(15)17/h3-5,8-9,14-15,18H,6-7,10-12,17H2,1-2H3. The largest absolute Gasteiger partial charge is 0.326 e. The summed E-state index contributed by atoms with van der Waals surface area (Å²) in [5, 5.41) is 0. The van der Waals surface area contributed by atoms with E-state index in [9.17, 15) is 8.42 Å². The van der Waals surface area contributed by atoms with Gasteiger partial charge >= 0.3 is 0 Å². The summed E-state index contributed by atoms with van der Waals surface area (Å²) in [5.41, 5.74) is 6.64. The van der Waals surface area contributed by atoms with Gasteiger partial charge in [-0.05, 0) is 18.4 Å². The molecule has 1 aromatic carbocycles. The Labute approximate surface area is 128 Å². The molecule has 1 saturated carbocycles. The van der Waals surface area contributed by atoms with E-state index in [0.717, 1.165) is 31.2 Å². The highest BCUT2D eigenvalue weighted by molar-refractivity contribution is 7.89. The lowest BCUT2D eigenvalue weighted by Gasteiger charge is -2.31. The van der Waals surface area contributed by atoms with Crippen LogP contribution in [0.1, 0.15) is 45.1 Å². The molecule has 0 spiro atoms. The zero-order chi connectivity index (χ0) is 15.5. The molecular weight excluding hydrogens is 284 g/mol. The fourth-order valence-corrected chi connectivity index (χ4v) is 4.98. The van der Waals surface area contributed by atoms with Crippen molar-refractivity contribution < 1.29 is 8.42 Å². The smallest absolute Gasteiger partial charge is 0.212 e. The molecule has 1 fully saturated rings. The minimum Gasteiger partial charge on any atom is -0.326 e. The SMILES string of the molecule is CC(C)(CS(=O)(=O)NC1CCCCC1N)c1ccccc1. The van der Waals surface area contributed by atoms with Crippen LogP contribution in [0.25, 0.3) is 0 Å². The van der Waals surface area contributed by atoms with Crippen LogP contribution < -0.4 is 10.5 Å². The van der Waals surface area contributed by atoms with Gasteiger partial charge in [-0.3, -0.25) is 0 Å². The van der Waals surface area contributed by atoms with Gasteiger partial charge in [0.25, 0.3) is 0 Å². The highest BCUT2D eigenvalue weighted by Crippen LogP contribution is 2.25. The predicted octanol–water partition coefficient (Wildman–Crippen LogP) is 2.15. The molecule has 2 atom stereocenters. The predicted molar refractivity (Wildman–Crippen MR) is 86.6 cm³/mol. The molecule has 0 radical (unpaired) electrons. The Kier molecular flexibility index (Phi) is 5.07. The molecule has 1 aromatic rings. The highest BCUT2D eigenvalue weighted by atomic mass is 32.2. The van der Waals surface area contributed by atoms with Gasteiger partial charge in [-0.2, -0.15) is 0 Å². The van der Waals surface area contributed by atoms with Gasteiger partial charge in [0, 0.05) is 17.5 Å². The number of nitrogens with one attached hydrogen (secondary N) is 1. The Morgan fingerprint density at radius 1 is 1.19 bits per heavy atom. The molecule has 0 amide bonds. The second-order valence-electron chi connectivity index (χ2n) is 6.68. The lowest BCUT2D eigenvalue weighted by Crippen LogP contribution is -2.51. The van der Waals surface area contributed by atoms with Crippen molar-refractivity contribution >= 4 is 10.0 Å². The van der Waals surface area contributed by atoms with Gasteiger partial charge < -0.3 is 5.73 Å². The molecule has 0 aromatic heterocycles. The number of hydrogen-bond donors (Lipinski definition) is 2. The lowest BCUT2D eigenvalue weighted by atomic mass is 9.87. The average molecular weight is 310 g/mol. The first-order chi connectivity index (χ1) is 9.80. The molecule has 21 heavy (non-hydrogen) atoms. The van der Waals surface area contributed by atoms with Crippen LogP contribution in [-0.2, 0) is 15.4 Å². The summed E-state index contributed by atoms with van der Waals surface area (Å²) in [6.45, 7) is 3.92. The highest BCUT2D eigenvalue weighted by Gasteiger charge is 2.31. The molecule has 5 heteroatoms. The Bertz CT molecular complexity index is 555. The van der Waals surface area contributed by atoms with Gasteiger partial charge in [0.1, 0.15) is 0 Å². The van der Waals surface area contributed by atoms with E-state index in [1.165, 1.54) is 0 Å². The molecule has 0 bridgehead atoms. The minimum atomic E-state index is -3.35. The van der Waals surface area contributed by atoms with Gasteiger partial charge in [-0.15, -0.1) is 0 Å². The molecule has 0 heterocycles. The number of nitrogens with two attached hydrogens (primary N) is 1. The van der Waals surface area contributed by atoms with Crippen LogP contribution in [0.4, 0.5) is 0 Å². The molecular formula is C16H26N2O2S. The first-order valence-electron chi connectivity index (χ1n) is 7.61. The summed E-state index contributed by atoms with van der Waals surface area (Å²) < 4.78 is 27.8. The summed E-state index contributed by atoms with van der Waals surface area (Å²) in [4.78, 5) is 0. The van der Waals surface area contributed by atoms with Crippen LogP contribution in [0.2, 0.25) is 0 Å². The topological polar surface area (TPSA) is 72.2 Å². The Hall–Kier alpha value is -0.910. The van der Waals surface area contributed by atoms with E-state index in [0.29, 0.717) is 0 Å². The fraction of sp³-hybridized carbons (Fsp3) is 0.625. The molecule has 2 rings (SSSR count). The average Bonchev–Trinajstić information content (AvgIpc) is 2.41. The van der Waals surface area contributed by atoms with Crippen molar-refractivity contribution in [1.29, 1.82) is 0 Å². The molecule has 1 aliphatic carbocycles. The van der Waals surface area contributed by atoms with E-state index in [1.54, 1.807) is 0 Å². The van der Waals surface area contributed by atoms with Crippen molar-refractivity contribution in [3.63, 3.8) is 0 Å². The van der Waals surface area contributed by atoms with Gasteiger partial charge in [0.2, 0.25) is 10.0 Å². The Balaban J connectivity index is 2.06. The van der Waals surface area contributed by atoms with E-state index < -0.39 is 15.4 Å². The van der Waals surface area contributed by atoms with Crippen molar-refractivity contribution in [2.24, 2.45) is 5.73 Å². The normalized spacial score (nSPS) is 24.0. The molecule has 4 nitrogen and oxygen atoms in total. The molecule has 0 aliphatic heterocycles. The van der Waals surface area contributed by atoms with Crippen molar-refractivity contribution in [2.45, 2.75) is 57.0 Å². The van der Waals surface area contributed by atoms with Crippen LogP contribution in [0.15, 0.2) is 30.3 Å². The zero-order valence-electron chi connectivity index (χ0n) is 12.9.